The topological polar surface area (TPSA) is 97.2 Å². The Kier molecular flexibility index (Phi) is 9.54. The van der Waals surface area contributed by atoms with E-state index in [0.717, 1.165) is 37.8 Å². The summed E-state index contributed by atoms with van der Waals surface area (Å²) in [5, 5.41) is 7.11. The molecule has 0 aliphatic carbocycles. The summed E-state index contributed by atoms with van der Waals surface area (Å²) in [5.74, 6) is 2.03. The average molecular weight is 658 g/mol. The molecule has 0 atom stereocenters. The Morgan fingerprint density at radius 3 is 2.50 bits per heavy atom. The number of rotatable bonds is 8. The van der Waals surface area contributed by atoms with E-state index in [2.05, 4.69) is 49.6 Å². The van der Waals surface area contributed by atoms with Crippen LogP contribution in [-0.4, -0.2) is 56.8 Å². The van der Waals surface area contributed by atoms with E-state index in [9.17, 15) is 22.4 Å². The van der Waals surface area contributed by atoms with Gasteiger partial charge in [0, 0.05) is 41.4 Å². The second kappa shape index (κ2) is 14.1. The predicted molar refractivity (Wildman–Crippen MR) is 175 cm³/mol. The van der Waals surface area contributed by atoms with Crippen molar-refractivity contribution in [1.82, 2.24) is 24.4 Å². The first-order chi connectivity index (χ1) is 23.1. The van der Waals surface area contributed by atoms with Crippen LogP contribution in [0, 0.1) is 17.8 Å². The van der Waals surface area contributed by atoms with E-state index in [1.165, 1.54) is 47.3 Å². The molecule has 5 aromatic rings. The number of anilines is 3. The molecule has 246 valence electrons. The number of nitrogens with one attached hydrogen (secondary N) is 2. The van der Waals surface area contributed by atoms with Crippen LogP contribution in [0.1, 0.15) is 29.5 Å². The van der Waals surface area contributed by atoms with Crippen LogP contribution >= 0.6 is 0 Å². The minimum Gasteiger partial charge on any atom is -0.404 e. The Labute approximate surface area is 273 Å². The number of ether oxygens (including phenoxy) is 1. The fourth-order valence-corrected chi connectivity index (χ4v) is 5.44. The average Bonchev–Trinajstić information content (AvgIpc) is 3.06. The van der Waals surface area contributed by atoms with Gasteiger partial charge in [0.25, 0.3) is 5.56 Å². The molecular weight excluding hydrogens is 626 g/mol. The van der Waals surface area contributed by atoms with Crippen LogP contribution in [0.4, 0.5) is 34.9 Å². The lowest BCUT2D eigenvalue weighted by Crippen LogP contribution is -2.36. The number of aromatic nitrogens is 4. The van der Waals surface area contributed by atoms with E-state index >= 15 is 0 Å². The first kappa shape index (κ1) is 32.5. The highest BCUT2D eigenvalue weighted by Gasteiger charge is 2.29. The van der Waals surface area contributed by atoms with Gasteiger partial charge in [0.2, 0.25) is 5.95 Å². The lowest BCUT2D eigenvalue weighted by Gasteiger charge is -2.30. The van der Waals surface area contributed by atoms with Gasteiger partial charge in [0.1, 0.15) is 11.8 Å². The first-order valence-electron chi connectivity index (χ1n) is 15.2. The highest BCUT2D eigenvalue weighted by atomic mass is 19.4. The number of pyridine rings is 2. The van der Waals surface area contributed by atoms with Crippen LogP contribution in [0.15, 0.2) is 84.0 Å². The molecule has 1 aliphatic heterocycles. The Balaban J connectivity index is 1.32. The second-order valence-corrected chi connectivity index (χ2v) is 11.5. The number of fused-ring (bicyclic) bond motifs is 1. The van der Waals surface area contributed by atoms with Crippen molar-refractivity contribution in [1.29, 1.82) is 0 Å². The van der Waals surface area contributed by atoms with Crippen molar-refractivity contribution in [2.75, 3.05) is 30.8 Å². The number of nitrogens with zero attached hydrogens (tertiary/aromatic N) is 5. The van der Waals surface area contributed by atoms with Gasteiger partial charge in [-0.3, -0.25) is 14.3 Å². The molecule has 0 radical (unpaired) electrons. The molecule has 0 spiro atoms. The first-order valence-corrected chi connectivity index (χ1v) is 15.2. The standard InChI is InChI=1S/C35H31F4N7O2/c1-45-15-11-29(12-16-45)42-27-6-8-28(9-7-27)43-34-41-21-25-18-23(13-17-48-31-5-3-2-4-30(31)36)33(47)46(32(25)44-34)22-24-10-14-40-20-26(24)19-35(37,38)39/h2-10,14,18,20-21,29,42H,11-12,15-16,19,22H2,1H3,(H,41,43,44). The molecule has 0 amide bonds. The van der Waals surface area contributed by atoms with Crippen molar-refractivity contribution in [2.24, 2.45) is 0 Å². The summed E-state index contributed by atoms with van der Waals surface area (Å²) in [6.45, 7) is 1.84. The van der Waals surface area contributed by atoms with Gasteiger partial charge < -0.3 is 20.3 Å². The molecule has 2 aromatic carbocycles. The third-order valence-electron chi connectivity index (χ3n) is 7.96. The molecule has 1 fully saturated rings. The Morgan fingerprint density at radius 2 is 1.75 bits per heavy atom. The summed E-state index contributed by atoms with van der Waals surface area (Å²) in [6, 6.07) is 16.6. The quantitative estimate of drug-likeness (QED) is 0.152. The van der Waals surface area contributed by atoms with Crippen molar-refractivity contribution >= 4 is 28.4 Å². The Bertz CT molecular complexity index is 2030. The van der Waals surface area contributed by atoms with Gasteiger partial charge in [0.05, 0.1) is 18.5 Å². The van der Waals surface area contributed by atoms with Crippen molar-refractivity contribution in [3.8, 4) is 17.8 Å². The fraction of sp³-hybridized carbons (Fsp3) is 0.257. The van der Waals surface area contributed by atoms with Gasteiger partial charge in [-0.1, -0.05) is 12.1 Å². The van der Waals surface area contributed by atoms with Gasteiger partial charge in [-0.25, -0.2) is 9.37 Å². The largest absolute Gasteiger partial charge is 0.404 e. The van der Waals surface area contributed by atoms with Crippen molar-refractivity contribution < 1.29 is 22.3 Å². The highest BCUT2D eigenvalue weighted by molar-refractivity contribution is 5.77. The van der Waals surface area contributed by atoms with E-state index in [1.54, 1.807) is 6.07 Å². The summed E-state index contributed by atoms with van der Waals surface area (Å²) in [7, 11) is 2.12. The third kappa shape index (κ3) is 8.08. The molecule has 4 heterocycles. The molecule has 9 nitrogen and oxygen atoms in total. The third-order valence-corrected chi connectivity index (χ3v) is 7.96. The van der Waals surface area contributed by atoms with E-state index < -0.39 is 24.0 Å². The van der Waals surface area contributed by atoms with Gasteiger partial charge in [-0.15, -0.1) is 0 Å². The number of likely N-dealkylation sites (tertiary alicyclic amines) is 1. The molecular formula is C35H31F4N7O2. The lowest BCUT2D eigenvalue weighted by molar-refractivity contribution is -0.127. The number of alkyl halides is 3. The SMILES string of the molecule is CN1CCC(Nc2ccc(Nc3ncc4cc(C#COc5ccccc5F)c(=O)n(Cc5ccncc5CC(F)(F)F)c4n3)cc2)CC1. The summed E-state index contributed by atoms with van der Waals surface area (Å²) < 4.78 is 60.6. The molecule has 1 aliphatic rings. The van der Waals surface area contributed by atoms with Crippen LogP contribution in [0.2, 0.25) is 0 Å². The van der Waals surface area contributed by atoms with Crippen molar-refractivity contribution in [3.05, 3.63) is 112 Å². The van der Waals surface area contributed by atoms with E-state index in [0.29, 0.717) is 17.1 Å². The van der Waals surface area contributed by atoms with Crippen LogP contribution in [0.5, 0.6) is 5.75 Å². The fourth-order valence-electron chi connectivity index (χ4n) is 5.44. The molecule has 2 N–H and O–H groups in total. The molecule has 13 heteroatoms. The maximum Gasteiger partial charge on any atom is 0.393 e. The normalized spacial score (nSPS) is 13.9. The van der Waals surface area contributed by atoms with E-state index in [-0.39, 0.29) is 40.6 Å². The number of para-hydroxylation sites is 1. The molecule has 1 saturated heterocycles. The smallest absolute Gasteiger partial charge is 0.393 e. The van der Waals surface area contributed by atoms with Gasteiger partial charge in [-0.2, -0.15) is 18.2 Å². The molecule has 3 aromatic heterocycles. The number of hydrogen-bond acceptors (Lipinski definition) is 8. The van der Waals surface area contributed by atoms with Gasteiger partial charge in [0.15, 0.2) is 11.6 Å². The van der Waals surface area contributed by atoms with E-state index in [4.69, 9.17) is 4.74 Å². The summed E-state index contributed by atoms with van der Waals surface area (Å²) in [5.41, 5.74) is 1.35. The van der Waals surface area contributed by atoms with Crippen LogP contribution in [0.25, 0.3) is 11.0 Å². The van der Waals surface area contributed by atoms with Crippen LogP contribution < -0.4 is 20.9 Å². The second-order valence-electron chi connectivity index (χ2n) is 11.5. The molecule has 48 heavy (non-hydrogen) atoms. The number of halogens is 4. The van der Waals surface area contributed by atoms with Gasteiger partial charge in [-0.05, 0) is 98.6 Å². The maximum absolute atomic E-state index is 14.0. The zero-order valence-corrected chi connectivity index (χ0v) is 25.9. The van der Waals surface area contributed by atoms with Crippen molar-refractivity contribution in [3.63, 3.8) is 0 Å². The van der Waals surface area contributed by atoms with Crippen molar-refractivity contribution in [2.45, 2.75) is 38.0 Å². The zero-order chi connectivity index (χ0) is 33.7. The molecule has 6 rings (SSSR count). The predicted octanol–water partition coefficient (Wildman–Crippen LogP) is 6.12. The Morgan fingerprint density at radius 1 is 1.00 bits per heavy atom. The number of benzene rings is 2. The molecule has 0 bridgehead atoms. The van der Waals surface area contributed by atoms with Crippen LogP contribution in [0.3, 0.4) is 0 Å². The van der Waals surface area contributed by atoms with Crippen LogP contribution in [-0.2, 0) is 13.0 Å². The molecule has 0 unspecified atom stereocenters. The summed E-state index contributed by atoms with van der Waals surface area (Å²) >= 11 is 0. The molecule has 0 saturated carbocycles. The number of hydrogen-bond donors (Lipinski definition) is 2. The summed E-state index contributed by atoms with van der Waals surface area (Å²) in [4.78, 5) is 28.9. The maximum atomic E-state index is 14.0. The van der Waals surface area contributed by atoms with E-state index in [1.807, 2.05) is 24.3 Å². The minimum absolute atomic E-state index is 0.0396. The monoisotopic (exact) mass is 657 g/mol. The highest BCUT2D eigenvalue weighted by Crippen LogP contribution is 2.25. The zero-order valence-electron chi connectivity index (χ0n) is 25.9. The lowest BCUT2D eigenvalue weighted by atomic mass is 10.1. The Hall–Kier alpha value is -5.48. The number of piperidine rings is 1. The van der Waals surface area contributed by atoms with Gasteiger partial charge >= 0.3 is 6.18 Å². The summed E-state index contributed by atoms with van der Waals surface area (Å²) in [6.07, 6.45) is 2.76. The minimum atomic E-state index is -4.49.